The van der Waals surface area contributed by atoms with Crippen LogP contribution in [-0.4, -0.2) is 107 Å². The standard InChI is InChI=1S/C36H43BN2O6.C24H27NO5.C9H17NO3/c1-22(2)32(39-34(42)43-21-30-28-14-10-8-12-26(28)27-13-9-11-15-29(27)30)31(40)20-23(3)33(41)38-25-18-16-24(17-19-25)37-44-35(4,5)36(6,7)45-37;1-14(2)22(21(26)12-15(3)23(27)28)25-24(29)30-13-20-18-10-6-4-8-16(18)17-9-5-7-11-19(17)20;1-5(2)8(10)7(11)4-6(3)9(12)13/h8-19,22-23,30,32H,20-21H2,1-7H3,(H,38,41)(H,39,42);4-11,14-15,20,22H,12-13H2,1-3H3,(H,25,29)(H,27,28);5-6,8H,4,10H2,1-3H3,(H,12,13)/t23-,32+;15-,22+;6-,8+/m111/s1. The van der Waals surface area contributed by atoms with Crippen LogP contribution in [-0.2, 0) is 47.5 Å². The summed E-state index contributed by atoms with van der Waals surface area (Å²) in [7, 11) is -0.492. The van der Waals surface area contributed by atoms with Gasteiger partial charge in [0.05, 0.1) is 41.2 Å². The molecule has 0 saturated carbocycles. The van der Waals surface area contributed by atoms with Crippen LogP contribution in [0.4, 0.5) is 15.3 Å². The second-order valence-corrected chi connectivity index (χ2v) is 25.2. The number of carboxylic acids is 2. The minimum atomic E-state index is -1.04. The maximum absolute atomic E-state index is 13.3. The van der Waals surface area contributed by atoms with Gasteiger partial charge in [-0.1, -0.05) is 172 Å². The van der Waals surface area contributed by atoms with Crippen molar-refractivity contribution in [3.63, 3.8) is 0 Å². The molecular weight excluding hydrogens is 1120 g/mol. The minimum Gasteiger partial charge on any atom is -0.481 e. The van der Waals surface area contributed by atoms with Crippen molar-refractivity contribution in [3.8, 4) is 22.3 Å². The van der Waals surface area contributed by atoms with Gasteiger partial charge in [-0.2, -0.15) is 0 Å². The number of ether oxygens (including phenoxy) is 2. The van der Waals surface area contributed by atoms with Crippen molar-refractivity contribution in [1.82, 2.24) is 10.6 Å². The van der Waals surface area contributed by atoms with Gasteiger partial charge >= 0.3 is 31.2 Å². The van der Waals surface area contributed by atoms with Crippen molar-refractivity contribution in [2.24, 2.45) is 41.2 Å². The number of aliphatic carboxylic acids is 2. The third-order valence-corrected chi connectivity index (χ3v) is 16.9. The van der Waals surface area contributed by atoms with E-state index in [1.807, 2.05) is 128 Å². The summed E-state index contributed by atoms with van der Waals surface area (Å²) in [6.45, 7) is 24.0. The number of rotatable bonds is 23. The molecule has 5 aromatic carbocycles. The van der Waals surface area contributed by atoms with E-state index in [2.05, 4.69) is 52.3 Å². The molecule has 1 heterocycles. The first-order chi connectivity index (χ1) is 41.4. The van der Waals surface area contributed by atoms with Crippen LogP contribution in [0, 0.1) is 35.5 Å². The number of hydrogen-bond donors (Lipinski definition) is 6. The van der Waals surface area contributed by atoms with Gasteiger partial charge in [0, 0.05) is 42.7 Å². The molecule has 0 spiro atoms. The number of alkyl carbamates (subject to hydrolysis) is 2. The molecule has 6 atom stereocenters. The van der Waals surface area contributed by atoms with Gasteiger partial charge in [-0.15, -0.1) is 0 Å². The topological polar surface area (TPSA) is 276 Å². The quantitative estimate of drug-likeness (QED) is 0.0332. The lowest BCUT2D eigenvalue weighted by Crippen LogP contribution is -2.45. The number of carbonyl (C=O) groups is 8. The molecule has 0 radical (unpaired) electrons. The number of carboxylic acid groups (broad SMARTS) is 2. The Morgan fingerprint density at radius 3 is 1.15 bits per heavy atom. The molecule has 88 heavy (non-hydrogen) atoms. The monoisotopic (exact) mass is 1210 g/mol. The number of carbonyl (C=O) groups excluding carboxylic acids is 6. The highest BCUT2D eigenvalue weighted by molar-refractivity contribution is 6.62. The lowest BCUT2D eigenvalue weighted by molar-refractivity contribution is -0.143. The normalized spacial score (nSPS) is 16.3. The summed E-state index contributed by atoms with van der Waals surface area (Å²) in [5.41, 5.74) is 15.2. The van der Waals surface area contributed by atoms with E-state index in [1.54, 1.807) is 32.9 Å². The number of ketones is 3. The van der Waals surface area contributed by atoms with E-state index >= 15 is 0 Å². The fourth-order valence-corrected chi connectivity index (χ4v) is 10.7. The number of fused-ring (bicyclic) bond motifs is 6. The van der Waals surface area contributed by atoms with Gasteiger partial charge in [-0.3, -0.25) is 28.8 Å². The van der Waals surface area contributed by atoms with E-state index in [-0.39, 0.29) is 85.3 Å². The Kier molecular flexibility index (Phi) is 23.8. The highest BCUT2D eigenvalue weighted by atomic mass is 16.7. The van der Waals surface area contributed by atoms with Crippen LogP contribution in [0.25, 0.3) is 22.3 Å². The van der Waals surface area contributed by atoms with Gasteiger partial charge in [-0.25, -0.2) is 9.59 Å². The number of hydrogen-bond acceptors (Lipinski definition) is 13. The van der Waals surface area contributed by atoms with E-state index in [0.29, 0.717) is 5.69 Å². The first-order valence-electron chi connectivity index (χ1n) is 30.2. The second kappa shape index (κ2) is 30.3. The maximum Gasteiger partial charge on any atom is 0.494 e. The molecule has 5 aromatic rings. The van der Waals surface area contributed by atoms with Gasteiger partial charge in [0.15, 0.2) is 17.3 Å². The predicted octanol–water partition coefficient (Wildman–Crippen LogP) is 11.0. The van der Waals surface area contributed by atoms with Crippen LogP contribution in [0.3, 0.4) is 0 Å². The van der Waals surface area contributed by atoms with Crippen LogP contribution in [0.1, 0.15) is 143 Å². The third-order valence-electron chi connectivity index (χ3n) is 16.9. The fourth-order valence-electron chi connectivity index (χ4n) is 10.7. The number of benzene rings is 5. The van der Waals surface area contributed by atoms with Gasteiger partial charge in [0.25, 0.3) is 0 Å². The van der Waals surface area contributed by atoms with Crippen molar-refractivity contribution < 1.29 is 67.4 Å². The highest BCUT2D eigenvalue weighted by Crippen LogP contribution is 2.46. The zero-order chi connectivity index (χ0) is 64.9. The summed E-state index contributed by atoms with van der Waals surface area (Å²) in [4.78, 5) is 96.9. The summed E-state index contributed by atoms with van der Waals surface area (Å²) < 4.78 is 23.4. The molecule has 1 saturated heterocycles. The van der Waals surface area contributed by atoms with Crippen molar-refractivity contribution in [3.05, 3.63) is 144 Å². The minimum absolute atomic E-state index is 0.0225. The Balaban J connectivity index is 0.000000246. The molecule has 2 aliphatic carbocycles. The van der Waals surface area contributed by atoms with E-state index in [0.717, 1.165) is 50.0 Å². The van der Waals surface area contributed by atoms with Crippen molar-refractivity contribution in [1.29, 1.82) is 0 Å². The Morgan fingerprint density at radius 1 is 0.489 bits per heavy atom. The highest BCUT2D eigenvalue weighted by Gasteiger charge is 2.51. The van der Waals surface area contributed by atoms with E-state index in [1.165, 1.54) is 13.8 Å². The van der Waals surface area contributed by atoms with Gasteiger partial charge in [-0.05, 0) is 108 Å². The molecule has 18 nitrogen and oxygen atoms in total. The summed E-state index contributed by atoms with van der Waals surface area (Å²) in [5, 5.41) is 25.9. The molecule has 8 rings (SSSR count). The molecule has 1 fully saturated rings. The molecule has 19 heteroatoms. The Morgan fingerprint density at radius 2 is 0.818 bits per heavy atom. The number of amides is 3. The molecule has 3 aliphatic rings. The lowest BCUT2D eigenvalue weighted by atomic mass is 9.79. The van der Waals surface area contributed by atoms with Gasteiger partial charge < -0.3 is 50.7 Å². The number of nitrogens with two attached hydrogens (primary N) is 1. The molecule has 3 amide bonds. The number of Topliss-reactive ketones (excluding diaryl/α,β-unsaturated/α-hetero) is 3. The Labute approximate surface area is 517 Å². The molecule has 470 valence electrons. The SMILES string of the molecule is CC(C)[C@H](N)C(=O)C[C@@H](C)C(=O)O.CC(C)[C@H](NC(=O)OCC1c2ccccc2-c2ccccc21)C(=O)C[C@@H](C)C(=O)Nc1ccc(B2OC(C)(C)C(C)(C)O2)cc1.CC(C)[C@H](NC(=O)OCC1c2ccccc2-c2ccccc21)C(=O)C[C@@H](C)C(=O)O. The third kappa shape index (κ3) is 17.4. The summed E-state index contributed by atoms with van der Waals surface area (Å²) in [5.74, 6) is -5.48. The molecular formula is C69H87BN4O14. The smallest absolute Gasteiger partial charge is 0.481 e. The molecule has 0 unspecified atom stereocenters. The average molecular weight is 1210 g/mol. The van der Waals surface area contributed by atoms with Crippen LogP contribution < -0.4 is 27.1 Å². The Bertz CT molecular complexity index is 3200. The zero-order valence-corrected chi connectivity index (χ0v) is 52.9. The van der Waals surface area contributed by atoms with Crippen LogP contribution >= 0.6 is 0 Å². The van der Waals surface area contributed by atoms with Gasteiger partial charge in [0.1, 0.15) is 13.2 Å². The lowest BCUT2D eigenvalue weighted by Gasteiger charge is -2.32. The van der Waals surface area contributed by atoms with E-state index in [9.17, 15) is 38.4 Å². The first-order valence-corrected chi connectivity index (χ1v) is 30.2. The summed E-state index contributed by atoms with van der Waals surface area (Å²) >= 11 is 0. The zero-order valence-electron chi connectivity index (χ0n) is 52.9. The van der Waals surface area contributed by atoms with Gasteiger partial charge in [0.2, 0.25) is 5.91 Å². The number of nitrogens with one attached hydrogen (secondary N) is 3. The molecule has 7 N–H and O–H groups in total. The fraction of sp³-hybridized carbons (Fsp3) is 0.449. The van der Waals surface area contributed by atoms with Crippen LogP contribution in [0.2, 0.25) is 0 Å². The van der Waals surface area contributed by atoms with Crippen LogP contribution in [0.15, 0.2) is 121 Å². The molecule has 0 bridgehead atoms. The van der Waals surface area contributed by atoms with Crippen molar-refractivity contribution in [2.75, 3.05) is 18.5 Å². The molecule has 0 aromatic heterocycles. The first kappa shape index (κ1) is 69.1. The molecule has 1 aliphatic heterocycles. The van der Waals surface area contributed by atoms with E-state index < -0.39 is 78.3 Å². The maximum atomic E-state index is 13.3. The predicted molar refractivity (Wildman–Crippen MR) is 339 cm³/mol. The average Bonchev–Trinajstić information content (AvgIpc) is 4.22. The van der Waals surface area contributed by atoms with Crippen molar-refractivity contribution in [2.45, 2.75) is 150 Å². The second-order valence-electron chi connectivity index (χ2n) is 25.2. The largest absolute Gasteiger partial charge is 0.494 e. The van der Waals surface area contributed by atoms with Crippen molar-refractivity contribution >= 4 is 65.7 Å². The van der Waals surface area contributed by atoms with Crippen LogP contribution in [0.5, 0.6) is 0 Å². The summed E-state index contributed by atoms with van der Waals surface area (Å²) in [6, 6.07) is 37.6. The summed E-state index contributed by atoms with van der Waals surface area (Å²) in [6.07, 6.45) is -1.46. The number of anilines is 1. The Hall–Kier alpha value is -8.00. The van der Waals surface area contributed by atoms with E-state index in [4.69, 9.17) is 34.7 Å².